The number of hydrogen-bond acceptors (Lipinski definition) is 2. The van der Waals surface area contributed by atoms with Crippen LogP contribution < -0.4 is 5.73 Å². The van der Waals surface area contributed by atoms with Crippen LogP contribution in [0, 0.1) is 6.92 Å². The first-order chi connectivity index (χ1) is 8.71. The highest BCUT2D eigenvalue weighted by Crippen LogP contribution is 2.35. The van der Waals surface area contributed by atoms with Crippen molar-refractivity contribution in [2.24, 2.45) is 0 Å². The monoisotopic (exact) mass is 268 g/mol. The predicted octanol–water partition coefficient (Wildman–Crippen LogP) is 4.27. The molecule has 0 spiro atoms. The molecule has 0 aliphatic rings. The number of nitrogen functional groups attached to an aromatic ring is 1. The average molecular weight is 268 g/mol. The molecule has 19 heavy (non-hydrogen) atoms. The van der Waals surface area contributed by atoms with E-state index in [0.29, 0.717) is 16.6 Å². The largest absolute Gasteiger partial charge is 0.416 e. The van der Waals surface area contributed by atoms with Crippen molar-refractivity contribution >= 4 is 16.6 Å². The van der Waals surface area contributed by atoms with Crippen LogP contribution in [0.4, 0.5) is 18.9 Å². The summed E-state index contributed by atoms with van der Waals surface area (Å²) in [5, 5.41) is 0.365. The normalized spacial score (nSPS) is 12.4. The lowest BCUT2D eigenvalue weighted by molar-refractivity contribution is -0.137. The van der Waals surface area contributed by atoms with Gasteiger partial charge in [-0.15, -0.1) is 0 Å². The number of alkyl halides is 3. The Bertz CT molecular complexity index is 631. The van der Waals surface area contributed by atoms with Crippen LogP contribution >= 0.6 is 0 Å². The molecule has 1 heterocycles. The number of halogens is 3. The first-order valence-corrected chi connectivity index (χ1v) is 5.98. The van der Waals surface area contributed by atoms with Gasteiger partial charge in [0.1, 0.15) is 0 Å². The fourth-order valence-corrected chi connectivity index (χ4v) is 2.34. The van der Waals surface area contributed by atoms with Crippen molar-refractivity contribution in [3.8, 4) is 0 Å². The fourth-order valence-electron chi connectivity index (χ4n) is 2.34. The van der Waals surface area contributed by atoms with Gasteiger partial charge in [-0.25, -0.2) is 0 Å². The molecule has 0 aliphatic heterocycles. The van der Waals surface area contributed by atoms with Crippen molar-refractivity contribution in [3.05, 3.63) is 35.0 Å². The summed E-state index contributed by atoms with van der Waals surface area (Å²) in [5.74, 6) is 0.117. The zero-order valence-corrected chi connectivity index (χ0v) is 11.0. The molecule has 102 valence electrons. The topological polar surface area (TPSA) is 38.9 Å². The van der Waals surface area contributed by atoms with E-state index in [0.717, 1.165) is 23.4 Å². The van der Waals surface area contributed by atoms with E-state index in [1.54, 1.807) is 0 Å². The molecule has 0 saturated heterocycles. The smallest absolute Gasteiger partial charge is 0.398 e. The highest BCUT2D eigenvalue weighted by atomic mass is 19.4. The van der Waals surface area contributed by atoms with Crippen LogP contribution in [-0.4, -0.2) is 4.98 Å². The van der Waals surface area contributed by atoms with Gasteiger partial charge in [-0.1, -0.05) is 13.8 Å². The second kappa shape index (κ2) is 4.40. The summed E-state index contributed by atoms with van der Waals surface area (Å²) in [5.41, 5.74) is 7.78. The zero-order valence-electron chi connectivity index (χ0n) is 11.0. The van der Waals surface area contributed by atoms with Gasteiger partial charge >= 0.3 is 6.18 Å². The second-order valence-corrected chi connectivity index (χ2v) is 4.91. The molecular weight excluding hydrogens is 253 g/mol. The number of rotatable bonds is 1. The number of nitrogens with zero attached hydrogens (tertiary/aromatic N) is 1. The molecule has 2 N–H and O–H groups in total. The van der Waals surface area contributed by atoms with E-state index in [9.17, 15) is 13.2 Å². The van der Waals surface area contributed by atoms with Gasteiger partial charge in [0.25, 0.3) is 0 Å². The maximum absolute atomic E-state index is 12.7. The Hall–Kier alpha value is -1.78. The van der Waals surface area contributed by atoms with Crippen LogP contribution in [0.2, 0.25) is 0 Å². The van der Waals surface area contributed by atoms with Crippen LogP contribution in [0.15, 0.2) is 18.2 Å². The molecule has 2 aromatic rings. The van der Waals surface area contributed by atoms with Crippen molar-refractivity contribution < 1.29 is 13.2 Å². The van der Waals surface area contributed by atoms with Crippen molar-refractivity contribution in [2.45, 2.75) is 32.9 Å². The van der Waals surface area contributed by atoms with E-state index in [2.05, 4.69) is 4.98 Å². The molecule has 2 nitrogen and oxygen atoms in total. The third-order valence-corrected chi connectivity index (χ3v) is 3.16. The molecule has 0 atom stereocenters. The Morgan fingerprint density at radius 3 is 2.37 bits per heavy atom. The number of pyridine rings is 1. The number of nitrogens with two attached hydrogens (primary N) is 1. The van der Waals surface area contributed by atoms with E-state index < -0.39 is 11.7 Å². The molecule has 1 aromatic heterocycles. The lowest BCUT2D eigenvalue weighted by atomic mass is 9.96. The molecular formula is C14H15F3N2. The lowest BCUT2D eigenvalue weighted by Crippen LogP contribution is -2.07. The van der Waals surface area contributed by atoms with Crippen molar-refractivity contribution in [2.75, 3.05) is 5.73 Å². The van der Waals surface area contributed by atoms with Crippen LogP contribution in [0.3, 0.4) is 0 Å². The highest BCUT2D eigenvalue weighted by Gasteiger charge is 2.31. The minimum Gasteiger partial charge on any atom is -0.398 e. The summed E-state index contributed by atoms with van der Waals surface area (Å²) in [4.78, 5) is 4.33. The highest BCUT2D eigenvalue weighted by molar-refractivity contribution is 5.93. The zero-order chi connectivity index (χ0) is 14.4. The van der Waals surface area contributed by atoms with Crippen molar-refractivity contribution in [1.82, 2.24) is 4.98 Å². The number of aromatic nitrogens is 1. The van der Waals surface area contributed by atoms with Crippen LogP contribution in [0.25, 0.3) is 10.9 Å². The molecule has 0 aliphatic carbocycles. The Morgan fingerprint density at radius 1 is 1.21 bits per heavy atom. The molecule has 0 bridgehead atoms. The number of fused-ring (bicyclic) bond motifs is 1. The van der Waals surface area contributed by atoms with Gasteiger partial charge in [0.05, 0.1) is 11.1 Å². The number of anilines is 1. The third kappa shape index (κ3) is 2.37. The number of aryl methyl sites for hydroxylation is 1. The van der Waals surface area contributed by atoms with Gasteiger partial charge in [-0.3, -0.25) is 4.98 Å². The first-order valence-electron chi connectivity index (χ1n) is 5.98. The third-order valence-electron chi connectivity index (χ3n) is 3.16. The van der Waals surface area contributed by atoms with E-state index in [1.165, 1.54) is 6.07 Å². The number of benzene rings is 1. The Labute approximate surface area is 109 Å². The summed E-state index contributed by atoms with van der Waals surface area (Å²) < 4.78 is 38.2. The summed E-state index contributed by atoms with van der Waals surface area (Å²) in [6.45, 7) is 5.71. The maximum Gasteiger partial charge on any atom is 0.416 e. The molecule has 1 aromatic carbocycles. The fraction of sp³-hybridized carbons (Fsp3) is 0.357. The first kappa shape index (κ1) is 13.6. The summed E-state index contributed by atoms with van der Waals surface area (Å²) in [6.07, 6.45) is -4.37. The second-order valence-electron chi connectivity index (χ2n) is 4.91. The van der Waals surface area contributed by atoms with Crippen molar-refractivity contribution in [3.63, 3.8) is 0 Å². The molecule has 0 fully saturated rings. The van der Waals surface area contributed by atoms with E-state index in [-0.39, 0.29) is 5.92 Å². The maximum atomic E-state index is 12.7. The minimum atomic E-state index is -4.37. The van der Waals surface area contributed by atoms with E-state index in [1.807, 2.05) is 20.8 Å². The van der Waals surface area contributed by atoms with Gasteiger partial charge in [-0.2, -0.15) is 13.2 Å². The Kier molecular flexibility index (Phi) is 3.16. The van der Waals surface area contributed by atoms with Gasteiger partial charge in [-0.05, 0) is 36.6 Å². The van der Waals surface area contributed by atoms with Gasteiger partial charge in [0.2, 0.25) is 0 Å². The molecule has 0 saturated carbocycles. The van der Waals surface area contributed by atoms with Crippen molar-refractivity contribution in [1.29, 1.82) is 0 Å². The molecule has 0 amide bonds. The minimum absolute atomic E-state index is 0.117. The summed E-state index contributed by atoms with van der Waals surface area (Å²) >= 11 is 0. The molecule has 0 radical (unpaired) electrons. The van der Waals surface area contributed by atoms with Crippen LogP contribution in [0.5, 0.6) is 0 Å². The SMILES string of the molecule is Cc1nc2ccc(C(F)(F)F)cc2c(N)c1C(C)C. The molecule has 0 unspecified atom stereocenters. The predicted molar refractivity (Wildman–Crippen MR) is 70.0 cm³/mol. The molecule has 5 heteroatoms. The van der Waals surface area contributed by atoms with E-state index >= 15 is 0 Å². The molecule has 2 rings (SSSR count). The van der Waals surface area contributed by atoms with Gasteiger partial charge < -0.3 is 5.73 Å². The lowest BCUT2D eigenvalue weighted by Gasteiger charge is -2.16. The summed E-state index contributed by atoms with van der Waals surface area (Å²) in [6, 6.07) is 3.47. The quantitative estimate of drug-likeness (QED) is 0.839. The Balaban J connectivity index is 2.78. The van der Waals surface area contributed by atoms with E-state index in [4.69, 9.17) is 5.73 Å². The van der Waals surface area contributed by atoms with Gasteiger partial charge in [0.15, 0.2) is 0 Å². The van der Waals surface area contributed by atoms with Crippen LogP contribution in [-0.2, 0) is 6.18 Å². The Morgan fingerprint density at radius 2 is 1.84 bits per heavy atom. The number of hydrogen-bond donors (Lipinski definition) is 1. The summed E-state index contributed by atoms with van der Waals surface area (Å²) in [7, 11) is 0. The van der Waals surface area contributed by atoms with Crippen LogP contribution in [0.1, 0.15) is 36.6 Å². The average Bonchev–Trinajstić information content (AvgIpc) is 2.26. The van der Waals surface area contributed by atoms with Gasteiger partial charge in [0, 0.05) is 16.8 Å². The standard InChI is InChI=1S/C14H15F3N2/c1-7(2)12-8(3)19-11-5-4-9(14(15,16)17)6-10(11)13(12)18/h4-7H,1-3H3,(H2,18,19).